The van der Waals surface area contributed by atoms with Gasteiger partial charge in [-0.1, -0.05) is 29.3 Å². The van der Waals surface area contributed by atoms with Crippen LogP contribution in [0.15, 0.2) is 18.2 Å². The first-order valence-electron chi connectivity index (χ1n) is 8.07. The van der Waals surface area contributed by atoms with Crippen molar-refractivity contribution in [1.82, 2.24) is 9.88 Å². The molecule has 0 fully saturated rings. The molecule has 1 unspecified atom stereocenters. The summed E-state index contributed by atoms with van der Waals surface area (Å²) in [6.07, 6.45) is 1.02. The lowest BCUT2D eigenvalue weighted by atomic mass is 10.2. The Labute approximate surface area is 162 Å². The molecule has 0 aliphatic carbocycles. The second kappa shape index (κ2) is 8.88. The smallest absolute Gasteiger partial charge is 0.222 e. The number of benzene rings is 1. The summed E-state index contributed by atoms with van der Waals surface area (Å²) in [5.41, 5.74) is 0.994. The van der Waals surface area contributed by atoms with Crippen LogP contribution < -0.4 is 4.74 Å². The fraction of sp³-hybridized carbons (Fsp3) is 0.444. The van der Waals surface area contributed by atoms with E-state index in [0.717, 1.165) is 15.6 Å². The molecule has 0 aliphatic heterocycles. The van der Waals surface area contributed by atoms with Gasteiger partial charge in [0, 0.05) is 18.3 Å². The number of aromatic nitrogens is 1. The Balaban J connectivity index is 1.83. The van der Waals surface area contributed by atoms with E-state index in [-0.39, 0.29) is 11.9 Å². The number of carbonyl (C=O) groups excluding carboxylic acids is 1. The quantitative estimate of drug-likeness (QED) is 0.580. The molecule has 1 aromatic carbocycles. The molecule has 0 bridgehead atoms. The van der Waals surface area contributed by atoms with Gasteiger partial charge in [-0.05, 0) is 39.3 Å². The van der Waals surface area contributed by atoms with Gasteiger partial charge in [-0.3, -0.25) is 4.79 Å². The number of nitrogens with zero attached hydrogens (tertiary/aromatic N) is 2. The second-order valence-electron chi connectivity index (χ2n) is 5.87. The molecule has 0 radical (unpaired) electrons. The van der Waals surface area contributed by atoms with E-state index in [1.54, 1.807) is 34.4 Å². The van der Waals surface area contributed by atoms with Crippen LogP contribution in [0.25, 0.3) is 0 Å². The van der Waals surface area contributed by atoms with Crippen LogP contribution in [0.2, 0.25) is 10.0 Å². The minimum atomic E-state index is 0.0157. The van der Waals surface area contributed by atoms with Crippen LogP contribution in [0.3, 0.4) is 0 Å². The van der Waals surface area contributed by atoms with Crippen LogP contribution in [-0.4, -0.2) is 29.4 Å². The normalized spacial score (nSPS) is 12.1. The summed E-state index contributed by atoms with van der Waals surface area (Å²) < 4.78 is 5.62. The molecule has 2 aromatic rings. The van der Waals surface area contributed by atoms with Crippen molar-refractivity contribution in [3.05, 3.63) is 43.8 Å². The summed E-state index contributed by atoms with van der Waals surface area (Å²) in [6, 6.07) is 5.27. The molecule has 2 rings (SSSR count). The molecule has 1 atom stereocenters. The highest BCUT2D eigenvalue weighted by Crippen LogP contribution is 2.32. The Morgan fingerprint density at radius 1 is 1.36 bits per heavy atom. The van der Waals surface area contributed by atoms with Crippen molar-refractivity contribution in [2.75, 3.05) is 13.7 Å². The number of hydrogen-bond acceptors (Lipinski definition) is 4. The van der Waals surface area contributed by atoms with Gasteiger partial charge in [0.25, 0.3) is 0 Å². The highest BCUT2D eigenvalue weighted by atomic mass is 35.5. The van der Waals surface area contributed by atoms with Gasteiger partial charge in [0.05, 0.1) is 28.4 Å². The second-order valence-corrected chi connectivity index (χ2v) is 7.89. The van der Waals surface area contributed by atoms with Crippen molar-refractivity contribution in [1.29, 1.82) is 0 Å². The largest absolute Gasteiger partial charge is 0.492 e. The maximum atomic E-state index is 12.4. The van der Waals surface area contributed by atoms with E-state index < -0.39 is 0 Å². The minimum Gasteiger partial charge on any atom is -0.492 e. The third-order valence-corrected chi connectivity index (χ3v) is 6.05. The highest BCUT2D eigenvalue weighted by Gasteiger charge is 2.21. The summed E-state index contributed by atoms with van der Waals surface area (Å²) in [5, 5.41) is 1.88. The third kappa shape index (κ3) is 5.09. The van der Waals surface area contributed by atoms with Gasteiger partial charge in [0.15, 0.2) is 0 Å². The average molecular weight is 401 g/mol. The van der Waals surface area contributed by atoms with E-state index in [0.29, 0.717) is 35.2 Å². The number of rotatable bonds is 7. The molecule has 7 heteroatoms. The zero-order valence-corrected chi connectivity index (χ0v) is 17.1. The Kier molecular flexibility index (Phi) is 7.11. The summed E-state index contributed by atoms with van der Waals surface area (Å²) in [4.78, 5) is 19.8. The first-order chi connectivity index (χ1) is 11.8. The fourth-order valence-electron chi connectivity index (χ4n) is 2.50. The Morgan fingerprint density at radius 2 is 2.08 bits per heavy atom. The Hall–Kier alpha value is -1.30. The van der Waals surface area contributed by atoms with Crippen LogP contribution in [0.1, 0.15) is 41.4 Å². The summed E-state index contributed by atoms with van der Waals surface area (Å²) >= 11 is 13.7. The van der Waals surface area contributed by atoms with Gasteiger partial charge < -0.3 is 9.64 Å². The molecule has 0 N–H and O–H groups in total. The standard InChI is InChI=1S/C18H22Cl2N2O2S/c1-11-18(25-13(3)21-11)12(2)22(4)16(23)9-6-10-24-15-8-5-7-14(19)17(15)20/h5,7-8,12H,6,9-10H2,1-4H3. The monoisotopic (exact) mass is 400 g/mol. The van der Waals surface area contributed by atoms with E-state index in [1.165, 1.54) is 0 Å². The zero-order chi connectivity index (χ0) is 18.6. The number of aryl methyl sites for hydroxylation is 2. The van der Waals surface area contributed by atoms with Gasteiger partial charge in [-0.25, -0.2) is 4.98 Å². The van der Waals surface area contributed by atoms with Crippen LogP contribution in [0.4, 0.5) is 0 Å². The maximum Gasteiger partial charge on any atom is 0.222 e. The van der Waals surface area contributed by atoms with Crippen molar-refractivity contribution in [2.24, 2.45) is 0 Å². The molecule has 4 nitrogen and oxygen atoms in total. The first-order valence-corrected chi connectivity index (χ1v) is 9.65. The first kappa shape index (κ1) is 20.0. The predicted molar refractivity (Wildman–Crippen MR) is 104 cm³/mol. The predicted octanol–water partition coefficient (Wildman–Crippen LogP) is 5.45. The van der Waals surface area contributed by atoms with E-state index in [9.17, 15) is 4.79 Å². The van der Waals surface area contributed by atoms with E-state index in [4.69, 9.17) is 27.9 Å². The molecule has 1 aromatic heterocycles. The van der Waals surface area contributed by atoms with Crippen molar-refractivity contribution in [3.63, 3.8) is 0 Å². The highest BCUT2D eigenvalue weighted by molar-refractivity contribution is 7.11. The fourth-order valence-corrected chi connectivity index (χ4v) is 3.87. The Morgan fingerprint density at radius 3 is 2.72 bits per heavy atom. The number of hydrogen-bond donors (Lipinski definition) is 0. The van der Waals surface area contributed by atoms with Crippen LogP contribution in [-0.2, 0) is 4.79 Å². The molecular formula is C18H22Cl2N2O2S. The average Bonchev–Trinajstić information content (AvgIpc) is 2.92. The van der Waals surface area contributed by atoms with Gasteiger partial charge in [-0.2, -0.15) is 0 Å². The van der Waals surface area contributed by atoms with Crippen LogP contribution >= 0.6 is 34.5 Å². The lowest BCUT2D eigenvalue weighted by Crippen LogP contribution is -2.29. The van der Waals surface area contributed by atoms with Crippen LogP contribution in [0.5, 0.6) is 5.75 Å². The number of amides is 1. The van der Waals surface area contributed by atoms with Crippen molar-refractivity contribution < 1.29 is 9.53 Å². The SMILES string of the molecule is Cc1nc(C)c(C(C)N(C)C(=O)CCCOc2cccc(Cl)c2Cl)s1. The lowest BCUT2D eigenvalue weighted by molar-refractivity contribution is -0.132. The lowest BCUT2D eigenvalue weighted by Gasteiger charge is -2.24. The summed E-state index contributed by atoms with van der Waals surface area (Å²) in [7, 11) is 1.83. The van der Waals surface area contributed by atoms with E-state index in [2.05, 4.69) is 4.98 Å². The van der Waals surface area contributed by atoms with Gasteiger partial charge >= 0.3 is 0 Å². The molecule has 1 amide bonds. The summed E-state index contributed by atoms with van der Waals surface area (Å²) in [5.74, 6) is 0.623. The zero-order valence-electron chi connectivity index (χ0n) is 14.8. The third-order valence-electron chi connectivity index (χ3n) is 4.00. The topological polar surface area (TPSA) is 42.4 Å². The van der Waals surface area contributed by atoms with Gasteiger partial charge in [0.2, 0.25) is 5.91 Å². The molecule has 25 heavy (non-hydrogen) atoms. The molecule has 0 saturated heterocycles. The van der Waals surface area contributed by atoms with Crippen LogP contribution in [0, 0.1) is 13.8 Å². The van der Waals surface area contributed by atoms with E-state index in [1.807, 2.05) is 27.8 Å². The van der Waals surface area contributed by atoms with Crippen molar-refractivity contribution in [2.45, 2.75) is 39.7 Å². The molecule has 0 spiro atoms. The van der Waals surface area contributed by atoms with Gasteiger partial charge in [0.1, 0.15) is 10.8 Å². The molecule has 0 saturated carbocycles. The molecule has 0 aliphatic rings. The maximum absolute atomic E-state index is 12.4. The molecule has 1 heterocycles. The van der Waals surface area contributed by atoms with Crippen molar-refractivity contribution in [3.8, 4) is 5.75 Å². The van der Waals surface area contributed by atoms with Crippen molar-refractivity contribution >= 4 is 40.4 Å². The van der Waals surface area contributed by atoms with E-state index >= 15 is 0 Å². The summed E-state index contributed by atoms with van der Waals surface area (Å²) in [6.45, 7) is 6.40. The van der Waals surface area contributed by atoms with Gasteiger partial charge in [-0.15, -0.1) is 11.3 Å². The number of thiazole rings is 1. The number of halogens is 2. The Bertz CT molecular complexity index is 749. The minimum absolute atomic E-state index is 0.0157. The number of ether oxygens (including phenoxy) is 1. The molecule has 136 valence electrons. The number of carbonyl (C=O) groups is 1. The molecular weight excluding hydrogens is 379 g/mol.